The Hall–Kier alpha value is -1.18. The van der Waals surface area contributed by atoms with Crippen LogP contribution in [0.2, 0.25) is 0 Å². The third-order valence-electron chi connectivity index (χ3n) is 2.28. The smallest absolute Gasteiger partial charge is 0.243 e. The lowest BCUT2D eigenvalue weighted by Crippen LogP contribution is -2.37. The number of nitrogens with zero attached hydrogens (tertiary/aromatic N) is 3. The molecule has 0 radical (unpaired) electrons. The van der Waals surface area contributed by atoms with E-state index in [9.17, 15) is 5.11 Å². The lowest BCUT2D eigenvalue weighted by molar-refractivity contribution is 0.0131. The van der Waals surface area contributed by atoms with Crippen LogP contribution >= 0.6 is 15.9 Å². The summed E-state index contributed by atoms with van der Waals surface area (Å²) in [7, 11) is 0. The van der Waals surface area contributed by atoms with Crippen LogP contribution in [0.3, 0.4) is 0 Å². The zero-order chi connectivity index (χ0) is 12.5. The molecule has 2 aromatic heterocycles. The minimum absolute atomic E-state index is 0.179. The fourth-order valence-electron chi connectivity index (χ4n) is 1.27. The molecule has 92 valence electrons. The van der Waals surface area contributed by atoms with Crippen molar-refractivity contribution in [3.8, 4) is 0 Å². The molecule has 0 spiro atoms. The lowest BCUT2D eigenvalue weighted by atomic mass is 10.1. The first-order valence-corrected chi connectivity index (χ1v) is 5.89. The monoisotopic (exact) mass is 300 g/mol. The van der Waals surface area contributed by atoms with Gasteiger partial charge in [-0.05, 0) is 35.0 Å². The Morgan fingerprint density at radius 2 is 2.35 bits per heavy atom. The maximum absolute atomic E-state index is 9.63. The topological polar surface area (TPSA) is 82.7 Å². The molecule has 7 heteroatoms. The molecule has 2 aromatic rings. The van der Waals surface area contributed by atoms with Gasteiger partial charge in [0.15, 0.2) is 5.65 Å². The van der Waals surface area contributed by atoms with Gasteiger partial charge >= 0.3 is 0 Å². The molecule has 17 heavy (non-hydrogen) atoms. The zero-order valence-corrected chi connectivity index (χ0v) is 10.8. The summed E-state index contributed by atoms with van der Waals surface area (Å²) in [6.45, 7) is 1.39. The number of pyridine rings is 1. The average Bonchev–Trinajstić information content (AvgIpc) is 2.71. The summed E-state index contributed by atoms with van der Waals surface area (Å²) >= 11 is 3.37. The van der Waals surface area contributed by atoms with E-state index in [0.717, 1.165) is 4.47 Å². The van der Waals surface area contributed by atoms with E-state index < -0.39 is 5.60 Å². The normalized spacial score (nSPS) is 14.8. The number of halogens is 1. The van der Waals surface area contributed by atoms with Gasteiger partial charge in [-0.25, -0.2) is 4.52 Å². The molecule has 1 atom stereocenters. The van der Waals surface area contributed by atoms with Gasteiger partial charge in [0.25, 0.3) is 0 Å². The number of aromatic nitrogens is 3. The van der Waals surface area contributed by atoms with Crippen LogP contribution in [0.4, 0.5) is 5.95 Å². The Labute approximate surface area is 106 Å². The molecule has 0 aliphatic rings. The van der Waals surface area contributed by atoms with E-state index in [1.165, 1.54) is 6.92 Å². The van der Waals surface area contributed by atoms with Gasteiger partial charge in [0.05, 0.1) is 11.1 Å². The molecule has 3 N–H and O–H groups in total. The van der Waals surface area contributed by atoms with E-state index in [2.05, 4.69) is 31.3 Å². The molecule has 0 saturated carbocycles. The van der Waals surface area contributed by atoms with Crippen LogP contribution < -0.4 is 5.32 Å². The van der Waals surface area contributed by atoms with Crippen molar-refractivity contribution in [3.63, 3.8) is 0 Å². The number of hydrogen-bond acceptors (Lipinski definition) is 5. The maximum Gasteiger partial charge on any atom is 0.243 e. The number of rotatable bonds is 4. The molecule has 6 nitrogen and oxygen atoms in total. The third-order valence-corrected chi connectivity index (χ3v) is 2.90. The van der Waals surface area contributed by atoms with Crippen LogP contribution in [0, 0.1) is 0 Å². The van der Waals surface area contributed by atoms with Crippen molar-refractivity contribution >= 4 is 27.5 Å². The van der Waals surface area contributed by atoms with Crippen molar-refractivity contribution in [2.24, 2.45) is 0 Å². The van der Waals surface area contributed by atoms with Crippen LogP contribution in [-0.2, 0) is 0 Å². The quantitative estimate of drug-likeness (QED) is 0.772. The molecule has 0 fully saturated rings. The highest BCUT2D eigenvalue weighted by Gasteiger charge is 2.19. The number of nitrogens with one attached hydrogen (secondary N) is 1. The van der Waals surface area contributed by atoms with Gasteiger partial charge in [0.2, 0.25) is 5.95 Å². The molecule has 0 saturated heterocycles. The van der Waals surface area contributed by atoms with E-state index in [4.69, 9.17) is 5.11 Å². The summed E-state index contributed by atoms with van der Waals surface area (Å²) in [5, 5.41) is 25.6. The second-order valence-electron chi connectivity index (χ2n) is 4.07. The van der Waals surface area contributed by atoms with Crippen LogP contribution in [0.1, 0.15) is 6.92 Å². The number of aliphatic hydroxyl groups is 2. The van der Waals surface area contributed by atoms with Crippen LogP contribution in [0.25, 0.3) is 5.65 Å². The molecule has 1 unspecified atom stereocenters. The predicted molar refractivity (Wildman–Crippen MR) is 66.9 cm³/mol. The lowest BCUT2D eigenvalue weighted by Gasteiger charge is -2.19. The molecular weight excluding hydrogens is 288 g/mol. The molecule has 0 aromatic carbocycles. The van der Waals surface area contributed by atoms with E-state index in [0.29, 0.717) is 11.6 Å². The van der Waals surface area contributed by atoms with Crippen molar-refractivity contribution in [2.75, 3.05) is 18.5 Å². The van der Waals surface area contributed by atoms with Crippen LogP contribution in [0.15, 0.2) is 22.8 Å². The molecule has 0 aliphatic heterocycles. The highest BCUT2D eigenvalue weighted by atomic mass is 79.9. The first-order valence-electron chi connectivity index (χ1n) is 5.10. The van der Waals surface area contributed by atoms with Crippen molar-refractivity contribution in [3.05, 3.63) is 22.8 Å². The van der Waals surface area contributed by atoms with Crippen molar-refractivity contribution < 1.29 is 10.2 Å². The van der Waals surface area contributed by atoms with Crippen molar-refractivity contribution in [1.29, 1.82) is 0 Å². The van der Waals surface area contributed by atoms with Crippen LogP contribution in [-0.4, -0.2) is 43.6 Å². The van der Waals surface area contributed by atoms with Gasteiger partial charge in [-0.15, -0.1) is 5.10 Å². The van der Waals surface area contributed by atoms with Crippen LogP contribution in [0.5, 0.6) is 0 Å². The summed E-state index contributed by atoms with van der Waals surface area (Å²) in [5.74, 6) is 0.408. The molecule has 2 heterocycles. The molecular formula is C10H13BrN4O2. The molecule has 0 aliphatic carbocycles. The standard InChI is InChI=1S/C10H13BrN4O2/c1-10(17,6-16)5-12-9-13-8-7(11)3-2-4-15(8)14-9/h2-4,16-17H,5-6H2,1H3,(H,12,14). The highest BCUT2D eigenvalue weighted by molar-refractivity contribution is 9.10. The van der Waals surface area contributed by atoms with Crippen molar-refractivity contribution in [2.45, 2.75) is 12.5 Å². The first-order chi connectivity index (χ1) is 8.02. The van der Waals surface area contributed by atoms with Crippen molar-refractivity contribution in [1.82, 2.24) is 14.6 Å². The Bertz CT molecular complexity index is 526. The minimum Gasteiger partial charge on any atom is -0.393 e. The van der Waals surface area contributed by atoms with Gasteiger partial charge in [-0.3, -0.25) is 0 Å². The molecule has 0 amide bonds. The predicted octanol–water partition coefficient (Wildman–Crippen LogP) is 0.647. The van der Waals surface area contributed by atoms with Gasteiger partial charge in [-0.1, -0.05) is 0 Å². The van der Waals surface area contributed by atoms with Gasteiger partial charge < -0.3 is 15.5 Å². The second-order valence-corrected chi connectivity index (χ2v) is 4.92. The second kappa shape index (κ2) is 4.59. The number of hydrogen-bond donors (Lipinski definition) is 3. The van der Waals surface area contributed by atoms with Gasteiger partial charge in [0.1, 0.15) is 5.60 Å². The summed E-state index contributed by atoms with van der Waals surface area (Å²) in [5.41, 5.74) is -0.493. The molecule has 2 rings (SSSR count). The average molecular weight is 301 g/mol. The summed E-state index contributed by atoms with van der Waals surface area (Å²) in [6.07, 6.45) is 1.78. The fourth-order valence-corrected chi connectivity index (χ4v) is 1.70. The third kappa shape index (κ3) is 2.74. The Kier molecular flexibility index (Phi) is 3.32. The van der Waals surface area contributed by atoms with Gasteiger partial charge in [-0.2, -0.15) is 4.98 Å². The Morgan fingerprint density at radius 1 is 1.59 bits per heavy atom. The maximum atomic E-state index is 9.63. The number of fused-ring (bicyclic) bond motifs is 1. The Balaban J connectivity index is 2.18. The SMILES string of the molecule is CC(O)(CO)CNc1nc2c(Br)cccn2n1. The summed E-state index contributed by atoms with van der Waals surface area (Å²) in [6, 6.07) is 3.72. The van der Waals surface area contributed by atoms with E-state index in [1.54, 1.807) is 10.7 Å². The first kappa shape index (κ1) is 12.3. The minimum atomic E-state index is -1.19. The summed E-state index contributed by atoms with van der Waals surface area (Å²) in [4.78, 5) is 4.25. The summed E-state index contributed by atoms with van der Waals surface area (Å²) < 4.78 is 2.47. The number of anilines is 1. The molecule has 0 bridgehead atoms. The number of aliphatic hydroxyl groups excluding tert-OH is 1. The Morgan fingerprint density at radius 3 is 3.00 bits per heavy atom. The largest absolute Gasteiger partial charge is 0.393 e. The van der Waals surface area contributed by atoms with E-state index in [1.807, 2.05) is 12.1 Å². The highest BCUT2D eigenvalue weighted by Crippen LogP contribution is 2.17. The fraction of sp³-hybridized carbons (Fsp3) is 0.400. The van der Waals surface area contributed by atoms with E-state index >= 15 is 0 Å². The zero-order valence-electron chi connectivity index (χ0n) is 9.26. The van der Waals surface area contributed by atoms with E-state index in [-0.39, 0.29) is 13.2 Å². The van der Waals surface area contributed by atoms with Gasteiger partial charge in [0, 0.05) is 12.7 Å².